The maximum atomic E-state index is 10.8. The SMILES string of the molecule is CC(=O)SCCC(O)C(O)c1ccc(OC(C)(C)C)cc1. The second kappa shape index (κ2) is 7.82. The van der Waals surface area contributed by atoms with Crippen molar-refractivity contribution in [3.05, 3.63) is 29.8 Å². The number of hydrogen-bond acceptors (Lipinski definition) is 5. The molecule has 2 N–H and O–H groups in total. The summed E-state index contributed by atoms with van der Waals surface area (Å²) in [7, 11) is 0. The van der Waals surface area contributed by atoms with Crippen molar-refractivity contribution in [2.45, 2.75) is 51.9 Å². The topological polar surface area (TPSA) is 66.8 Å². The summed E-state index contributed by atoms with van der Waals surface area (Å²) < 4.78 is 5.70. The smallest absolute Gasteiger partial charge is 0.185 e. The Morgan fingerprint density at radius 3 is 2.29 bits per heavy atom. The molecule has 0 heterocycles. The minimum atomic E-state index is -0.957. The summed E-state index contributed by atoms with van der Waals surface area (Å²) in [4.78, 5) is 10.8. The summed E-state index contributed by atoms with van der Waals surface area (Å²) in [5.74, 6) is 1.22. The first-order valence-corrected chi connectivity index (χ1v) is 7.96. The summed E-state index contributed by atoms with van der Waals surface area (Å²) in [5, 5.41) is 20.0. The van der Waals surface area contributed by atoms with Crippen molar-refractivity contribution in [1.82, 2.24) is 0 Å². The monoisotopic (exact) mass is 312 g/mol. The summed E-state index contributed by atoms with van der Waals surface area (Å²) in [5.41, 5.74) is 0.361. The minimum Gasteiger partial charge on any atom is -0.488 e. The molecule has 1 aromatic carbocycles. The average molecular weight is 312 g/mol. The van der Waals surface area contributed by atoms with E-state index in [1.165, 1.54) is 6.92 Å². The zero-order chi connectivity index (χ0) is 16.0. The van der Waals surface area contributed by atoms with Crippen LogP contribution in [0.25, 0.3) is 0 Å². The molecule has 0 aliphatic carbocycles. The minimum absolute atomic E-state index is 0.0142. The molecule has 4 nitrogen and oxygen atoms in total. The second-order valence-electron chi connectivity index (χ2n) is 5.92. The van der Waals surface area contributed by atoms with Gasteiger partial charge in [0.15, 0.2) is 5.12 Å². The maximum absolute atomic E-state index is 10.8. The highest BCUT2D eigenvalue weighted by Crippen LogP contribution is 2.24. The predicted molar refractivity (Wildman–Crippen MR) is 85.5 cm³/mol. The Labute approximate surface area is 130 Å². The van der Waals surface area contributed by atoms with Gasteiger partial charge in [-0.3, -0.25) is 4.79 Å². The molecule has 2 unspecified atom stereocenters. The van der Waals surface area contributed by atoms with Gasteiger partial charge in [-0.2, -0.15) is 0 Å². The van der Waals surface area contributed by atoms with Crippen LogP contribution in [-0.4, -0.2) is 32.8 Å². The highest BCUT2D eigenvalue weighted by Gasteiger charge is 2.19. The van der Waals surface area contributed by atoms with Crippen LogP contribution in [0.4, 0.5) is 0 Å². The van der Waals surface area contributed by atoms with Crippen LogP contribution in [0.5, 0.6) is 5.75 Å². The summed E-state index contributed by atoms with van der Waals surface area (Å²) in [6, 6.07) is 7.04. The zero-order valence-corrected chi connectivity index (χ0v) is 13.8. The number of carbonyl (C=O) groups is 1. The molecule has 0 spiro atoms. The van der Waals surface area contributed by atoms with E-state index < -0.39 is 12.2 Å². The first kappa shape index (κ1) is 18.0. The molecule has 0 amide bonds. The molecule has 5 heteroatoms. The van der Waals surface area contributed by atoms with E-state index >= 15 is 0 Å². The van der Waals surface area contributed by atoms with Gasteiger partial charge in [0.1, 0.15) is 17.5 Å². The van der Waals surface area contributed by atoms with E-state index in [0.29, 0.717) is 17.7 Å². The van der Waals surface area contributed by atoms with Crippen LogP contribution < -0.4 is 4.74 Å². The molecule has 1 rings (SSSR count). The van der Waals surface area contributed by atoms with Crippen molar-refractivity contribution in [3.63, 3.8) is 0 Å². The van der Waals surface area contributed by atoms with Crippen molar-refractivity contribution >= 4 is 16.9 Å². The Balaban J connectivity index is 2.57. The second-order valence-corrected chi connectivity index (χ2v) is 7.20. The van der Waals surface area contributed by atoms with Crippen molar-refractivity contribution in [2.24, 2.45) is 0 Å². The molecule has 0 bridgehead atoms. The van der Waals surface area contributed by atoms with E-state index in [0.717, 1.165) is 17.5 Å². The lowest BCUT2D eigenvalue weighted by molar-refractivity contribution is -0.109. The van der Waals surface area contributed by atoms with Crippen molar-refractivity contribution in [3.8, 4) is 5.75 Å². The molecule has 0 fully saturated rings. The summed E-state index contributed by atoms with van der Waals surface area (Å²) in [6.45, 7) is 7.38. The molecule has 21 heavy (non-hydrogen) atoms. The van der Waals surface area contributed by atoms with Gasteiger partial charge in [0.2, 0.25) is 0 Å². The van der Waals surface area contributed by atoms with Gasteiger partial charge in [-0.25, -0.2) is 0 Å². The fourth-order valence-electron chi connectivity index (χ4n) is 1.79. The van der Waals surface area contributed by atoms with Gasteiger partial charge in [-0.05, 0) is 44.9 Å². The van der Waals surface area contributed by atoms with E-state index in [1.54, 1.807) is 24.3 Å². The van der Waals surface area contributed by atoms with Gasteiger partial charge < -0.3 is 14.9 Å². The van der Waals surface area contributed by atoms with Crippen LogP contribution in [0.15, 0.2) is 24.3 Å². The molecule has 1 aromatic rings. The Kier molecular flexibility index (Phi) is 6.71. The lowest BCUT2D eigenvalue weighted by Crippen LogP contribution is -2.23. The maximum Gasteiger partial charge on any atom is 0.185 e. The molecule has 0 aliphatic heterocycles. The van der Waals surface area contributed by atoms with E-state index in [1.807, 2.05) is 20.8 Å². The number of benzene rings is 1. The number of ether oxygens (including phenoxy) is 1. The van der Waals surface area contributed by atoms with Crippen LogP contribution >= 0.6 is 11.8 Å². The number of hydrogen-bond donors (Lipinski definition) is 2. The van der Waals surface area contributed by atoms with Gasteiger partial charge in [-0.15, -0.1) is 0 Å². The Bertz CT molecular complexity index is 450. The van der Waals surface area contributed by atoms with E-state index in [4.69, 9.17) is 4.74 Å². The largest absolute Gasteiger partial charge is 0.488 e. The summed E-state index contributed by atoms with van der Waals surface area (Å²) >= 11 is 1.15. The number of aliphatic hydroxyl groups excluding tert-OH is 2. The lowest BCUT2D eigenvalue weighted by Gasteiger charge is -2.22. The highest BCUT2D eigenvalue weighted by molar-refractivity contribution is 8.13. The fraction of sp³-hybridized carbons (Fsp3) is 0.562. The normalized spacial score (nSPS) is 14.6. The lowest BCUT2D eigenvalue weighted by atomic mass is 10.0. The first-order valence-electron chi connectivity index (χ1n) is 6.97. The van der Waals surface area contributed by atoms with Crippen LogP contribution in [0.2, 0.25) is 0 Å². The third kappa shape index (κ3) is 6.98. The Morgan fingerprint density at radius 1 is 1.24 bits per heavy atom. The zero-order valence-electron chi connectivity index (χ0n) is 13.0. The highest BCUT2D eigenvalue weighted by atomic mass is 32.2. The standard InChI is InChI=1S/C16H24O4S/c1-11(17)21-10-9-14(18)15(19)12-5-7-13(8-6-12)20-16(2,3)4/h5-8,14-15,18-19H,9-10H2,1-4H3. The average Bonchev–Trinajstić information content (AvgIpc) is 2.36. The molecule has 118 valence electrons. The van der Waals surface area contributed by atoms with Gasteiger partial charge in [0.05, 0.1) is 6.10 Å². The number of rotatable bonds is 6. The van der Waals surface area contributed by atoms with Crippen LogP contribution in [0.3, 0.4) is 0 Å². The quantitative estimate of drug-likeness (QED) is 0.845. The van der Waals surface area contributed by atoms with Gasteiger partial charge in [-0.1, -0.05) is 23.9 Å². The van der Waals surface area contributed by atoms with Crippen molar-refractivity contribution in [1.29, 1.82) is 0 Å². The molecular weight excluding hydrogens is 288 g/mol. The van der Waals surface area contributed by atoms with E-state index in [2.05, 4.69) is 0 Å². The first-order chi connectivity index (χ1) is 9.69. The van der Waals surface area contributed by atoms with Gasteiger partial charge >= 0.3 is 0 Å². The Morgan fingerprint density at radius 2 is 1.81 bits per heavy atom. The van der Waals surface area contributed by atoms with Crippen LogP contribution in [0.1, 0.15) is 45.8 Å². The fourth-order valence-corrected chi connectivity index (χ4v) is 2.44. The van der Waals surface area contributed by atoms with E-state index in [-0.39, 0.29) is 10.7 Å². The van der Waals surface area contributed by atoms with E-state index in [9.17, 15) is 15.0 Å². The third-order valence-corrected chi connectivity index (χ3v) is 3.58. The predicted octanol–water partition coefficient (Wildman–Crippen LogP) is 2.93. The molecule has 0 saturated carbocycles. The van der Waals surface area contributed by atoms with Gasteiger partial charge in [0, 0.05) is 12.7 Å². The molecule has 0 aliphatic rings. The molecular formula is C16H24O4S. The van der Waals surface area contributed by atoms with Crippen molar-refractivity contribution < 1.29 is 19.7 Å². The summed E-state index contributed by atoms with van der Waals surface area (Å²) in [6.07, 6.45) is -1.47. The number of thioether (sulfide) groups is 1. The van der Waals surface area contributed by atoms with Crippen LogP contribution in [0, 0.1) is 0 Å². The van der Waals surface area contributed by atoms with Crippen LogP contribution in [-0.2, 0) is 4.79 Å². The van der Waals surface area contributed by atoms with Gasteiger partial charge in [0.25, 0.3) is 0 Å². The number of carbonyl (C=O) groups excluding carboxylic acids is 1. The molecule has 0 saturated heterocycles. The molecule has 0 radical (unpaired) electrons. The van der Waals surface area contributed by atoms with Crippen molar-refractivity contribution in [2.75, 3.05) is 5.75 Å². The Hall–Kier alpha value is -1.04. The molecule has 0 aromatic heterocycles. The third-order valence-electron chi connectivity index (χ3n) is 2.73. The number of aliphatic hydroxyl groups is 2. The molecule has 2 atom stereocenters.